The van der Waals surface area contributed by atoms with E-state index in [1.807, 2.05) is 0 Å². The van der Waals surface area contributed by atoms with Gasteiger partial charge in [-0.3, -0.25) is 9.59 Å². The predicted octanol–water partition coefficient (Wildman–Crippen LogP) is 1.28. The zero-order valence-corrected chi connectivity index (χ0v) is 8.87. The number of primary amides is 1. The Balaban J connectivity index is 2.64. The number of nitrogens with one attached hydrogen (secondary N) is 1. The molecule has 1 rings (SSSR count). The Morgan fingerprint density at radius 3 is 2.62 bits per heavy atom. The van der Waals surface area contributed by atoms with Crippen LogP contribution in [-0.2, 0) is 9.59 Å². The van der Waals surface area contributed by atoms with Crippen LogP contribution in [0.4, 0.5) is 10.1 Å². The third-order valence-electron chi connectivity index (χ3n) is 2.09. The quantitative estimate of drug-likeness (QED) is 0.808. The van der Waals surface area contributed by atoms with Gasteiger partial charge in [0.2, 0.25) is 11.8 Å². The summed E-state index contributed by atoms with van der Waals surface area (Å²) in [5, 5.41) is 2.39. The maximum absolute atomic E-state index is 13.2. The van der Waals surface area contributed by atoms with Crippen molar-refractivity contribution in [3.63, 3.8) is 0 Å². The molecule has 1 aromatic carbocycles. The molecule has 0 saturated carbocycles. The smallest absolute Gasteiger partial charge is 0.227 e. The van der Waals surface area contributed by atoms with Gasteiger partial charge in [-0.25, -0.2) is 4.39 Å². The predicted molar refractivity (Wildman–Crippen MR) is 58.0 cm³/mol. The standard InChI is InChI=1S/C11H13FN2O2/c1-7(6-10(13)15)11(16)14-9-5-3-2-4-8(9)12/h2-5,7H,6H2,1H3,(H2,13,15)(H,14,16). The molecule has 0 heterocycles. The molecular weight excluding hydrogens is 211 g/mol. The molecule has 86 valence electrons. The van der Waals surface area contributed by atoms with Gasteiger partial charge in [0.15, 0.2) is 0 Å². The first kappa shape index (κ1) is 12.2. The van der Waals surface area contributed by atoms with Gasteiger partial charge in [0.25, 0.3) is 0 Å². The Kier molecular flexibility index (Phi) is 3.99. The number of rotatable bonds is 4. The molecule has 3 N–H and O–H groups in total. The molecule has 0 spiro atoms. The Labute approximate surface area is 92.6 Å². The fraction of sp³-hybridized carbons (Fsp3) is 0.273. The first-order valence-electron chi connectivity index (χ1n) is 4.84. The summed E-state index contributed by atoms with van der Waals surface area (Å²) < 4.78 is 13.2. The van der Waals surface area contributed by atoms with Gasteiger partial charge in [0.05, 0.1) is 5.69 Å². The van der Waals surface area contributed by atoms with Crippen LogP contribution < -0.4 is 11.1 Å². The lowest BCUT2D eigenvalue weighted by Crippen LogP contribution is -2.25. The molecule has 0 bridgehead atoms. The monoisotopic (exact) mass is 224 g/mol. The summed E-state index contributed by atoms with van der Waals surface area (Å²) in [4.78, 5) is 22.1. The minimum absolute atomic E-state index is 0.0553. The Morgan fingerprint density at radius 2 is 2.06 bits per heavy atom. The van der Waals surface area contributed by atoms with Crippen molar-refractivity contribution in [2.75, 3.05) is 5.32 Å². The van der Waals surface area contributed by atoms with Gasteiger partial charge in [-0.1, -0.05) is 19.1 Å². The van der Waals surface area contributed by atoms with Crippen LogP contribution in [0.15, 0.2) is 24.3 Å². The highest BCUT2D eigenvalue weighted by Crippen LogP contribution is 2.14. The number of nitrogens with two attached hydrogens (primary N) is 1. The summed E-state index contributed by atoms with van der Waals surface area (Å²) in [7, 11) is 0. The van der Waals surface area contributed by atoms with E-state index in [-0.39, 0.29) is 12.1 Å². The Hall–Kier alpha value is -1.91. The van der Waals surface area contributed by atoms with Crippen molar-refractivity contribution in [3.05, 3.63) is 30.1 Å². The molecule has 0 saturated heterocycles. The summed E-state index contributed by atoms with van der Waals surface area (Å²) in [5.74, 6) is -2.07. The Bertz CT molecular complexity index is 407. The molecule has 16 heavy (non-hydrogen) atoms. The van der Waals surface area contributed by atoms with Crippen molar-refractivity contribution in [1.29, 1.82) is 0 Å². The first-order chi connectivity index (χ1) is 7.50. The van der Waals surface area contributed by atoms with Crippen molar-refractivity contribution in [2.24, 2.45) is 11.7 Å². The molecule has 1 aromatic rings. The molecular formula is C11H13FN2O2. The minimum atomic E-state index is -0.572. The summed E-state index contributed by atoms with van der Waals surface area (Å²) in [5.41, 5.74) is 5.06. The van der Waals surface area contributed by atoms with Gasteiger partial charge in [-0.15, -0.1) is 0 Å². The molecule has 0 aliphatic heterocycles. The molecule has 2 amide bonds. The van der Waals surface area contributed by atoms with Gasteiger partial charge in [-0.2, -0.15) is 0 Å². The largest absolute Gasteiger partial charge is 0.370 e. The summed E-state index contributed by atoms with van der Waals surface area (Å²) >= 11 is 0. The maximum atomic E-state index is 13.2. The van der Waals surface area contributed by atoms with E-state index in [9.17, 15) is 14.0 Å². The number of hydrogen-bond donors (Lipinski definition) is 2. The van der Waals surface area contributed by atoms with Crippen LogP contribution >= 0.6 is 0 Å². The van der Waals surface area contributed by atoms with Gasteiger partial charge in [0, 0.05) is 12.3 Å². The van der Waals surface area contributed by atoms with E-state index in [0.717, 1.165) is 0 Å². The molecule has 0 radical (unpaired) electrons. The maximum Gasteiger partial charge on any atom is 0.227 e. The molecule has 1 unspecified atom stereocenters. The van der Waals surface area contributed by atoms with Crippen LogP contribution in [-0.4, -0.2) is 11.8 Å². The zero-order valence-electron chi connectivity index (χ0n) is 8.87. The molecule has 0 aliphatic carbocycles. The lowest BCUT2D eigenvalue weighted by Gasteiger charge is -2.10. The third-order valence-corrected chi connectivity index (χ3v) is 2.09. The summed E-state index contributed by atoms with van der Waals surface area (Å²) in [6, 6.07) is 5.83. The fourth-order valence-corrected chi connectivity index (χ4v) is 1.21. The van der Waals surface area contributed by atoms with Gasteiger partial charge < -0.3 is 11.1 Å². The van der Waals surface area contributed by atoms with Crippen molar-refractivity contribution in [1.82, 2.24) is 0 Å². The van der Waals surface area contributed by atoms with Crippen molar-refractivity contribution >= 4 is 17.5 Å². The third kappa shape index (κ3) is 3.34. The fourth-order valence-electron chi connectivity index (χ4n) is 1.21. The number of carbonyl (C=O) groups is 2. The van der Waals surface area contributed by atoms with Crippen LogP contribution in [0, 0.1) is 11.7 Å². The van der Waals surface area contributed by atoms with E-state index in [1.54, 1.807) is 13.0 Å². The number of para-hydroxylation sites is 1. The van der Waals surface area contributed by atoms with Crippen molar-refractivity contribution in [2.45, 2.75) is 13.3 Å². The highest BCUT2D eigenvalue weighted by atomic mass is 19.1. The molecule has 0 fully saturated rings. The average molecular weight is 224 g/mol. The molecule has 1 atom stereocenters. The van der Waals surface area contributed by atoms with Crippen LogP contribution in [0.2, 0.25) is 0 Å². The summed E-state index contributed by atoms with van der Waals surface area (Å²) in [6.45, 7) is 1.56. The summed E-state index contributed by atoms with van der Waals surface area (Å²) in [6.07, 6.45) is -0.0553. The number of halogens is 1. The lowest BCUT2D eigenvalue weighted by molar-refractivity contribution is -0.125. The second-order valence-corrected chi connectivity index (χ2v) is 3.54. The van der Waals surface area contributed by atoms with Crippen LogP contribution in [0.3, 0.4) is 0 Å². The highest BCUT2D eigenvalue weighted by Gasteiger charge is 2.16. The van der Waals surface area contributed by atoms with Gasteiger partial charge in [0.1, 0.15) is 5.82 Å². The molecule has 0 aliphatic rings. The van der Waals surface area contributed by atoms with Crippen LogP contribution in [0.5, 0.6) is 0 Å². The van der Waals surface area contributed by atoms with E-state index >= 15 is 0 Å². The first-order valence-corrected chi connectivity index (χ1v) is 4.84. The second-order valence-electron chi connectivity index (χ2n) is 3.54. The normalized spacial score (nSPS) is 11.9. The lowest BCUT2D eigenvalue weighted by atomic mass is 10.1. The van der Waals surface area contributed by atoms with Gasteiger partial charge >= 0.3 is 0 Å². The van der Waals surface area contributed by atoms with E-state index in [1.165, 1.54) is 18.2 Å². The van der Waals surface area contributed by atoms with Crippen molar-refractivity contribution in [3.8, 4) is 0 Å². The number of hydrogen-bond acceptors (Lipinski definition) is 2. The van der Waals surface area contributed by atoms with Crippen LogP contribution in [0.1, 0.15) is 13.3 Å². The number of anilines is 1. The SMILES string of the molecule is CC(CC(N)=O)C(=O)Nc1ccccc1F. The topological polar surface area (TPSA) is 72.2 Å². The average Bonchev–Trinajstić information content (AvgIpc) is 2.20. The van der Waals surface area contributed by atoms with Gasteiger partial charge in [-0.05, 0) is 12.1 Å². The number of benzene rings is 1. The van der Waals surface area contributed by atoms with E-state index < -0.39 is 23.5 Å². The molecule has 5 heteroatoms. The Morgan fingerprint density at radius 1 is 1.44 bits per heavy atom. The number of carbonyl (C=O) groups excluding carboxylic acids is 2. The highest BCUT2D eigenvalue weighted by molar-refractivity contribution is 5.94. The molecule has 4 nitrogen and oxygen atoms in total. The van der Waals surface area contributed by atoms with E-state index in [2.05, 4.69) is 5.32 Å². The zero-order chi connectivity index (χ0) is 12.1. The van der Waals surface area contributed by atoms with Crippen molar-refractivity contribution < 1.29 is 14.0 Å². The molecule has 0 aromatic heterocycles. The van der Waals surface area contributed by atoms with E-state index in [4.69, 9.17) is 5.73 Å². The van der Waals surface area contributed by atoms with E-state index in [0.29, 0.717) is 0 Å². The number of amides is 2. The second kappa shape index (κ2) is 5.25. The van der Waals surface area contributed by atoms with Crippen LogP contribution in [0.25, 0.3) is 0 Å². The minimum Gasteiger partial charge on any atom is -0.370 e.